The first-order valence-electron chi connectivity index (χ1n) is 5.02. The Morgan fingerprint density at radius 3 is 2.79 bits per heavy atom. The highest BCUT2D eigenvalue weighted by atomic mass is 79.9. The van der Waals surface area contributed by atoms with Crippen LogP contribution in [0.3, 0.4) is 0 Å². The number of pyridine rings is 1. The van der Waals surface area contributed by atoms with Gasteiger partial charge in [0.15, 0.2) is 0 Å². The topological polar surface area (TPSA) is 85.1 Å². The molecular formula is C10H9Br2N3O2S2. The van der Waals surface area contributed by atoms with Crippen molar-refractivity contribution in [2.45, 2.75) is 11.4 Å². The first kappa shape index (κ1) is 14.9. The molecule has 2 heterocycles. The van der Waals surface area contributed by atoms with Crippen molar-refractivity contribution in [2.24, 2.45) is 0 Å². The molecule has 0 bridgehead atoms. The zero-order chi connectivity index (χ0) is 14.0. The Labute approximate surface area is 131 Å². The largest absolute Gasteiger partial charge is 0.383 e. The van der Waals surface area contributed by atoms with E-state index in [2.05, 4.69) is 41.6 Å². The van der Waals surface area contributed by atoms with E-state index < -0.39 is 10.0 Å². The van der Waals surface area contributed by atoms with Crippen LogP contribution in [0.5, 0.6) is 0 Å². The maximum atomic E-state index is 12.1. The fraction of sp³-hybridized carbons (Fsp3) is 0.100. The lowest BCUT2D eigenvalue weighted by Crippen LogP contribution is -2.24. The highest BCUT2D eigenvalue weighted by Gasteiger charge is 2.19. The second-order valence-electron chi connectivity index (χ2n) is 3.55. The number of rotatable bonds is 4. The molecule has 0 saturated carbocycles. The van der Waals surface area contributed by atoms with Gasteiger partial charge in [0.1, 0.15) is 10.7 Å². The van der Waals surface area contributed by atoms with Crippen molar-refractivity contribution < 1.29 is 8.42 Å². The van der Waals surface area contributed by atoms with Crippen molar-refractivity contribution in [1.82, 2.24) is 9.71 Å². The Bertz CT molecular complexity index is 701. The number of anilines is 1. The van der Waals surface area contributed by atoms with Crippen LogP contribution in [0.25, 0.3) is 0 Å². The van der Waals surface area contributed by atoms with Gasteiger partial charge in [-0.05, 0) is 49.4 Å². The quantitative estimate of drug-likeness (QED) is 0.786. The van der Waals surface area contributed by atoms with Gasteiger partial charge in [0.05, 0.1) is 0 Å². The van der Waals surface area contributed by atoms with Crippen LogP contribution in [-0.4, -0.2) is 13.4 Å². The third-order valence-electron chi connectivity index (χ3n) is 2.25. The fourth-order valence-corrected chi connectivity index (χ4v) is 4.44. The normalized spacial score (nSPS) is 11.7. The molecule has 2 rings (SSSR count). The second kappa shape index (κ2) is 5.88. The van der Waals surface area contributed by atoms with Crippen LogP contribution in [0.1, 0.15) is 4.88 Å². The van der Waals surface area contributed by atoms with Gasteiger partial charge in [-0.25, -0.2) is 18.1 Å². The molecule has 0 atom stereocenters. The summed E-state index contributed by atoms with van der Waals surface area (Å²) in [5, 5.41) is 1.88. The Hall–Kier alpha value is -0.480. The SMILES string of the molecule is Nc1ncc(Br)cc1S(=O)(=O)NCc1sccc1Br. The predicted octanol–water partition coefficient (Wildman–Crippen LogP) is 2.73. The molecule has 2 aromatic rings. The Kier molecular flexibility index (Phi) is 4.62. The number of nitrogens with zero attached hydrogens (tertiary/aromatic N) is 1. The lowest BCUT2D eigenvalue weighted by atomic mass is 10.5. The van der Waals surface area contributed by atoms with Crippen molar-refractivity contribution in [3.8, 4) is 0 Å². The van der Waals surface area contributed by atoms with Gasteiger partial charge in [-0.3, -0.25) is 0 Å². The summed E-state index contributed by atoms with van der Waals surface area (Å²) in [7, 11) is -3.69. The summed E-state index contributed by atoms with van der Waals surface area (Å²) in [4.78, 5) is 4.67. The standard InChI is InChI=1S/C10H9Br2N3O2S2/c11-6-3-9(10(13)14-4-6)19(16,17)15-5-8-7(12)1-2-18-8/h1-4,15H,5H2,(H2,13,14). The zero-order valence-corrected chi connectivity index (χ0v) is 14.2. The van der Waals surface area contributed by atoms with E-state index in [-0.39, 0.29) is 17.3 Å². The second-order valence-corrected chi connectivity index (χ2v) is 8.06. The molecule has 0 unspecified atom stereocenters. The Morgan fingerprint density at radius 1 is 1.42 bits per heavy atom. The van der Waals surface area contributed by atoms with Crippen molar-refractivity contribution >= 4 is 59.0 Å². The highest BCUT2D eigenvalue weighted by Crippen LogP contribution is 2.24. The summed E-state index contributed by atoms with van der Waals surface area (Å²) in [5.74, 6) is -0.0269. The molecule has 9 heteroatoms. The molecule has 2 aromatic heterocycles. The van der Waals surface area contributed by atoms with Crippen LogP contribution < -0.4 is 10.5 Å². The third kappa shape index (κ3) is 3.54. The maximum absolute atomic E-state index is 12.1. The monoisotopic (exact) mass is 425 g/mol. The molecule has 102 valence electrons. The van der Waals surface area contributed by atoms with Crippen molar-refractivity contribution in [3.05, 3.63) is 37.5 Å². The number of halogens is 2. The first-order valence-corrected chi connectivity index (χ1v) is 8.97. The minimum atomic E-state index is -3.69. The first-order chi connectivity index (χ1) is 8.90. The average Bonchev–Trinajstić information content (AvgIpc) is 2.75. The van der Waals surface area contributed by atoms with Crippen molar-refractivity contribution in [1.29, 1.82) is 0 Å². The molecule has 0 aliphatic carbocycles. The third-order valence-corrected chi connectivity index (χ3v) is 6.04. The molecule has 0 aliphatic rings. The van der Waals surface area contributed by atoms with E-state index in [4.69, 9.17) is 5.73 Å². The number of sulfonamides is 1. The summed E-state index contributed by atoms with van der Waals surface area (Å²) in [6.07, 6.45) is 1.45. The lowest BCUT2D eigenvalue weighted by Gasteiger charge is -2.08. The summed E-state index contributed by atoms with van der Waals surface area (Å²) in [5.41, 5.74) is 5.60. The summed E-state index contributed by atoms with van der Waals surface area (Å²) >= 11 is 7.98. The van der Waals surface area contributed by atoms with E-state index in [1.165, 1.54) is 23.6 Å². The maximum Gasteiger partial charge on any atom is 0.244 e. The van der Waals surface area contributed by atoms with Crippen LogP contribution >= 0.6 is 43.2 Å². The van der Waals surface area contributed by atoms with E-state index in [1.807, 2.05) is 11.4 Å². The van der Waals surface area contributed by atoms with Crippen LogP contribution in [0, 0.1) is 0 Å². The number of nitrogens with one attached hydrogen (secondary N) is 1. The Balaban J connectivity index is 2.23. The molecule has 5 nitrogen and oxygen atoms in total. The lowest BCUT2D eigenvalue weighted by molar-refractivity contribution is 0.581. The van der Waals surface area contributed by atoms with Crippen molar-refractivity contribution in [2.75, 3.05) is 5.73 Å². The van der Waals surface area contributed by atoms with Crippen LogP contribution in [0.15, 0.2) is 37.6 Å². The van der Waals surface area contributed by atoms with Gasteiger partial charge in [0.25, 0.3) is 0 Å². The minimum absolute atomic E-state index is 0.0269. The summed E-state index contributed by atoms with van der Waals surface area (Å²) in [6.45, 7) is 0.201. The van der Waals surface area contributed by atoms with Gasteiger partial charge in [-0.1, -0.05) is 0 Å². The highest BCUT2D eigenvalue weighted by molar-refractivity contribution is 9.10. The minimum Gasteiger partial charge on any atom is -0.383 e. The molecule has 0 aromatic carbocycles. The predicted molar refractivity (Wildman–Crippen MR) is 82.4 cm³/mol. The fourth-order valence-electron chi connectivity index (χ4n) is 1.34. The van der Waals surface area contributed by atoms with Crippen LogP contribution in [0.4, 0.5) is 5.82 Å². The number of hydrogen-bond donors (Lipinski definition) is 2. The molecule has 0 spiro atoms. The van der Waals surface area contributed by atoms with Gasteiger partial charge in [-0.15, -0.1) is 11.3 Å². The number of hydrogen-bond acceptors (Lipinski definition) is 5. The molecule has 0 radical (unpaired) electrons. The van der Waals surface area contributed by atoms with Gasteiger partial charge >= 0.3 is 0 Å². The molecule has 3 N–H and O–H groups in total. The van der Waals surface area contributed by atoms with Gasteiger partial charge in [-0.2, -0.15) is 0 Å². The average molecular weight is 427 g/mol. The van der Waals surface area contributed by atoms with Crippen LogP contribution in [0.2, 0.25) is 0 Å². The van der Waals surface area contributed by atoms with Gasteiger partial charge in [0, 0.05) is 26.6 Å². The number of nitrogens with two attached hydrogens (primary N) is 1. The van der Waals surface area contributed by atoms with E-state index in [0.717, 1.165) is 9.35 Å². The molecule has 0 aliphatic heterocycles. The smallest absolute Gasteiger partial charge is 0.244 e. The summed E-state index contributed by atoms with van der Waals surface area (Å²) in [6, 6.07) is 3.29. The van der Waals surface area contributed by atoms with Gasteiger partial charge in [0.2, 0.25) is 10.0 Å². The van der Waals surface area contributed by atoms with E-state index in [1.54, 1.807) is 0 Å². The molecular weight excluding hydrogens is 418 g/mol. The molecule has 0 saturated heterocycles. The van der Waals surface area contributed by atoms with Crippen LogP contribution in [-0.2, 0) is 16.6 Å². The van der Waals surface area contributed by atoms with E-state index in [0.29, 0.717) is 4.47 Å². The molecule has 19 heavy (non-hydrogen) atoms. The van der Waals surface area contributed by atoms with Crippen molar-refractivity contribution in [3.63, 3.8) is 0 Å². The summed E-state index contributed by atoms with van der Waals surface area (Å²) < 4.78 is 28.2. The number of thiophene rings is 1. The van der Waals surface area contributed by atoms with E-state index >= 15 is 0 Å². The Morgan fingerprint density at radius 2 is 2.16 bits per heavy atom. The van der Waals surface area contributed by atoms with E-state index in [9.17, 15) is 8.42 Å². The number of nitrogen functional groups attached to an aromatic ring is 1. The molecule has 0 fully saturated rings. The van der Waals surface area contributed by atoms with Gasteiger partial charge < -0.3 is 5.73 Å². The number of aromatic nitrogens is 1. The zero-order valence-electron chi connectivity index (χ0n) is 9.43. The molecule has 0 amide bonds.